The van der Waals surface area contributed by atoms with E-state index in [4.69, 9.17) is 9.47 Å². The number of methoxy groups -OCH3 is 2. The van der Waals surface area contributed by atoms with Crippen molar-refractivity contribution >= 4 is 17.6 Å². The van der Waals surface area contributed by atoms with Gasteiger partial charge in [0.25, 0.3) is 0 Å². The molecule has 160 valence electrons. The SMILES string of the molecule is COc1cccc(CNC(=O)N2CCN(CC(=O)Nc3ccccc3)CC2)c1OC. The quantitative estimate of drug-likeness (QED) is 0.728. The second-order valence-electron chi connectivity index (χ2n) is 6.99. The van der Waals surface area contributed by atoms with Gasteiger partial charge in [0.2, 0.25) is 5.91 Å². The van der Waals surface area contributed by atoms with Crippen molar-refractivity contribution in [2.24, 2.45) is 0 Å². The summed E-state index contributed by atoms with van der Waals surface area (Å²) in [5.41, 5.74) is 1.63. The van der Waals surface area contributed by atoms with Gasteiger partial charge in [0, 0.05) is 44.0 Å². The van der Waals surface area contributed by atoms with Crippen LogP contribution in [0.2, 0.25) is 0 Å². The summed E-state index contributed by atoms with van der Waals surface area (Å²) < 4.78 is 10.7. The summed E-state index contributed by atoms with van der Waals surface area (Å²) in [7, 11) is 3.16. The minimum Gasteiger partial charge on any atom is -0.493 e. The number of benzene rings is 2. The van der Waals surface area contributed by atoms with Crippen LogP contribution in [-0.2, 0) is 11.3 Å². The molecular weight excluding hydrogens is 384 g/mol. The first-order valence-corrected chi connectivity index (χ1v) is 9.90. The molecule has 0 aromatic heterocycles. The molecule has 30 heavy (non-hydrogen) atoms. The molecule has 2 N–H and O–H groups in total. The zero-order valence-corrected chi connectivity index (χ0v) is 17.4. The number of hydrogen-bond donors (Lipinski definition) is 2. The van der Waals surface area contributed by atoms with E-state index in [1.165, 1.54) is 0 Å². The third-order valence-electron chi connectivity index (χ3n) is 5.00. The van der Waals surface area contributed by atoms with Crippen molar-refractivity contribution in [2.75, 3.05) is 52.3 Å². The van der Waals surface area contributed by atoms with Gasteiger partial charge in [-0.25, -0.2) is 4.79 Å². The number of hydrogen-bond acceptors (Lipinski definition) is 5. The molecule has 2 aromatic carbocycles. The molecule has 0 saturated carbocycles. The summed E-state index contributed by atoms with van der Waals surface area (Å²) >= 11 is 0. The lowest BCUT2D eigenvalue weighted by molar-refractivity contribution is -0.117. The van der Waals surface area contributed by atoms with Crippen molar-refractivity contribution in [1.82, 2.24) is 15.1 Å². The van der Waals surface area contributed by atoms with E-state index in [1.807, 2.05) is 53.4 Å². The number of carbonyl (C=O) groups excluding carboxylic acids is 2. The third-order valence-corrected chi connectivity index (χ3v) is 5.00. The highest BCUT2D eigenvalue weighted by molar-refractivity contribution is 5.92. The van der Waals surface area contributed by atoms with Crippen LogP contribution in [0.5, 0.6) is 11.5 Å². The zero-order valence-electron chi connectivity index (χ0n) is 17.4. The van der Waals surface area contributed by atoms with Gasteiger partial charge in [-0.3, -0.25) is 9.69 Å². The third kappa shape index (κ3) is 5.64. The molecule has 0 aliphatic carbocycles. The molecule has 1 aliphatic heterocycles. The minimum absolute atomic E-state index is 0.0516. The van der Waals surface area contributed by atoms with Crippen molar-refractivity contribution in [3.05, 3.63) is 54.1 Å². The van der Waals surface area contributed by atoms with E-state index >= 15 is 0 Å². The maximum absolute atomic E-state index is 12.5. The van der Waals surface area contributed by atoms with E-state index in [9.17, 15) is 9.59 Å². The molecule has 0 radical (unpaired) electrons. The summed E-state index contributed by atoms with van der Waals surface area (Å²) in [6.07, 6.45) is 0. The first kappa shape index (κ1) is 21.4. The van der Waals surface area contributed by atoms with Crippen LogP contribution >= 0.6 is 0 Å². The number of ether oxygens (including phenoxy) is 2. The Kier molecular flexibility index (Phi) is 7.51. The van der Waals surface area contributed by atoms with E-state index in [-0.39, 0.29) is 11.9 Å². The molecule has 0 unspecified atom stereocenters. The topological polar surface area (TPSA) is 83.1 Å². The lowest BCUT2D eigenvalue weighted by Gasteiger charge is -2.34. The van der Waals surface area contributed by atoms with Crippen LogP contribution in [0.25, 0.3) is 0 Å². The highest BCUT2D eigenvalue weighted by Crippen LogP contribution is 2.30. The van der Waals surface area contributed by atoms with Crippen molar-refractivity contribution in [3.63, 3.8) is 0 Å². The zero-order chi connectivity index (χ0) is 21.3. The fourth-order valence-electron chi connectivity index (χ4n) is 3.41. The number of nitrogens with zero attached hydrogens (tertiary/aromatic N) is 2. The summed E-state index contributed by atoms with van der Waals surface area (Å²) in [5, 5.41) is 5.82. The van der Waals surface area contributed by atoms with Crippen LogP contribution in [0, 0.1) is 0 Å². The Hall–Kier alpha value is -3.26. The average Bonchev–Trinajstić information content (AvgIpc) is 2.78. The van der Waals surface area contributed by atoms with Gasteiger partial charge in [-0.15, -0.1) is 0 Å². The maximum atomic E-state index is 12.5. The molecule has 1 aliphatic rings. The highest BCUT2D eigenvalue weighted by Gasteiger charge is 2.22. The Morgan fingerprint density at radius 2 is 1.67 bits per heavy atom. The monoisotopic (exact) mass is 412 g/mol. The molecule has 0 bridgehead atoms. The fraction of sp³-hybridized carbons (Fsp3) is 0.364. The lowest BCUT2D eigenvalue weighted by atomic mass is 10.2. The molecule has 1 heterocycles. The van der Waals surface area contributed by atoms with Crippen LogP contribution < -0.4 is 20.1 Å². The molecule has 3 amide bonds. The molecule has 2 aromatic rings. The van der Waals surface area contributed by atoms with Gasteiger partial charge in [0.15, 0.2) is 11.5 Å². The van der Waals surface area contributed by atoms with Crippen molar-refractivity contribution < 1.29 is 19.1 Å². The summed E-state index contributed by atoms with van der Waals surface area (Å²) in [6.45, 7) is 3.10. The lowest BCUT2D eigenvalue weighted by Crippen LogP contribution is -2.52. The molecule has 0 spiro atoms. The number of nitrogens with one attached hydrogen (secondary N) is 2. The van der Waals surface area contributed by atoms with Crippen LogP contribution in [-0.4, -0.2) is 68.7 Å². The summed E-state index contributed by atoms with van der Waals surface area (Å²) in [5.74, 6) is 1.20. The van der Waals surface area contributed by atoms with Gasteiger partial charge < -0.3 is 25.0 Å². The van der Waals surface area contributed by atoms with Crippen LogP contribution in [0.1, 0.15) is 5.56 Å². The number of urea groups is 1. The van der Waals surface area contributed by atoms with Crippen LogP contribution in [0.15, 0.2) is 48.5 Å². The van der Waals surface area contributed by atoms with Gasteiger partial charge >= 0.3 is 6.03 Å². The predicted octanol–water partition coefficient (Wildman–Crippen LogP) is 2.17. The van der Waals surface area contributed by atoms with Crippen LogP contribution in [0.4, 0.5) is 10.5 Å². The van der Waals surface area contributed by atoms with Gasteiger partial charge in [-0.05, 0) is 18.2 Å². The predicted molar refractivity (Wildman–Crippen MR) is 115 cm³/mol. The normalized spacial score (nSPS) is 14.1. The van der Waals surface area contributed by atoms with E-state index < -0.39 is 0 Å². The number of para-hydroxylation sites is 2. The fourth-order valence-corrected chi connectivity index (χ4v) is 3.41. The number of amides is 3. The molecule has 1 saturated heterocycles. The Morgan fingerprint density at radius 1 is 0.933 bits per heavy atom. The number of piperazine rings is 1. The largest absolute Gasteiger partial charge is 0.493 e. The highest BCUT2D eigenvalue weighted by atomic mass is 16.5. The Morgan fingerprint density at radius 3 is 2.33 bits per heavy atom. The second-order valence-corrected chi connectivity index (χ2v) is 6.99. The summed E-state index contributed by atoms with van der Waals surface area (Å²) in [6, 6.07) is 14.8. The minimum atomic E-state index is -0.131. The van der Waals surface area contributed by atoms with Crippen molar-refractivity contribution in [3.8, 4) is 11.5 Å². The molecule has 8 heteroatoms. The van der Waals surface area contributed by atoms with E-state index in [0.29, 0.717) is 50.8 Å². The second kappa shape index (κ2) is 10.5. The smallest absolute Gasteiger partial charge is 0.317 e. The molecular formula is C22H28N4O4. The van der Waals surface area contributed by atoms with Crippen molar-refractivity contribution in [2.45, 2.75) is 6.54 Å². The van der Waals surface area contributed by atoms with E-state index in [2.05, 4.69) is 10.6 Å². The standard InChI is InChI=1S/C22H28N4O4/c1-29-19-10-6-7-17(21(19)30-2)15-23-22(28)26-13-11-25(12-14-26)16-20(27)24-18-8-4-3-5-9-18/h3-10H,11-16H2,1-2H3,(H,23,28)(H,24,27). The molecule has 0 atom stereocenters. The summed E-state index contributed by atoms with van der Waals surface area (Å²) in [4.78, 5) is 28.6. The molecule has 1 fully saturated rings. The Labute approximate surface area is 176 Å². The van der Waals surface area contributed by atoms with Gasteiger partial charge in [-0.2, -0.15) is 0 Å². The number of anilines is 1. The molecule has 3 rings (SSSR count). The Balaban J connectivity index is 1.44. The molecule has 8 nitrogen and oxygen atoms in total. The number of carbonyl (C=O) groups is 2. The van der Waals surface area contributed by atoms with Gasteiger partial charge in [0.05, 0.1) is 20.8 Å². The number of rotatable bonds is 7. The first-order chi connectivity index (χ1) is 14.6. The van der Waals surface area contributed by atoms with Crippen LogP contribution in [0.3, 0.4) is 0 Å². The maximum Gasteiger partial charge on any atom is 0.317 e. The van der Waals surface area contributed by atoms with Crippen molar-refractivity contribution in [1.29, 1.82) is 0 Å². The average molecular weight is 412 g/mol. The van der Waals surface area contributed by atoms with Gasteiger partial charge in [-0.1, -0.05) is 30.3 Å². The Bertz CT molecular complexity index is 851. The van der Waals surface area contributed by atoms with E-state index in [0.717, 1.165) is 11.3 Å². The van der Waals surface area contributed by atoms with Gasteiger partial charge in [0.1, 0.15) is 0 Å². The van der Waals surface area contributed by atoms with E-state index in [1.54, 1.807) is 19.1 Å². The first-order valence-electron chi connectivity index (χ1n) is 9.90.